The van der Waals surface area contributed by atoms with Gasteiger partial charge in [-0.05, 0) is 43.5 Å². The molecule has 0 amide bonds. The van der Waals surface area contributed by atoms with Crippen molar-refractivity contribution in [1.29, 1.82) is 0 Å². The first-order chi connectivity index (χ1) is 11.2. The molecule has 1 saturated carbocycles. The van der Waals surface area contributed by atoms with Gasteiger partial charge in [0.25, 0.3) is 0 Å². The Hall–Kier alpha value is -2.07. The van der Waals surface area contributed by atoms with Gasteiger partial charge in [0.1, 0.15) is 5.82 Å². The lowest BCUT2D eigenvalue weighted by atomic mass is 9.82. The van der Waals surface area contributed by atoms with Crippen molar-refractivity contribution in [2.24, 2.45) is 0 Å². The molecule has 1 aromatic heterocycles. The van der Waals surface area contributed by atoms with Crippen molar-refractivity contribution >= 4 is 0 Å². The summed E-state index contributed by atoms with van der Waals surface area (Å²) in [5.41, 5.74) is 4.20. The third kappa shape index (κ3) is 1.98. The molecule has 4 rings (SSSR count). The zero-order chi connectivity index (χ0) is 16.0. The summed E-state index contributed by atoms with van der Waals surface area (Å²) in [7, 11) is 0. The van der Waals surface area contributed by atoms with Gasteiger partial charge in [-0.2, -0.15) is 10.2 Å². The average Bonchev–Trinajstić information content (AvgIpc) is 3.02. The van der Waals surface area contributed by atoms with E-state index in [4.69, 9.17) is 4.74 Å². The van der Waals surface area contributed by atoms with E-state index in [2.05, 4.69) is 16.8 Å². The predicted octanol–water partition coefficient (Wildman–Crippen LogP) is 4.00. The normalized spacial score (nSPS) is 25.0. The molecule has 0 unspecified atom stereocenters. The van der Waals surface area contributed by atoms with Gasteiger partial charge in [0, 0.05) is 18.1 Å². The van der Waals surface area contributed by atoms with Gasteiger partial charge in [-0.1, -0.05) is 24.3 Å². The number of halogens is 1. The lowest BCUT2D eigenvalue weighted by molar-refractivity contribution is 0.106. The fourth-order valence-corrected chi connectivity index (χ4v) is 4.03. The van der Waals surface area contributed by atoms with Crippen LogP contribution in [0.4, 0.5) is 4.39 Å². The van der Waals surface area contributed by atoms with Gasteiger partial charge < -0.3 is 4.74 Å². The highest BCUT2D eigenvalue weighted by molar-refractivity contribution is 5.64. The first-order valence-corrected chi connectivity index (χ1v) is 8.07. The van der Waals surface area contributed by atoms with E-state index in [1.54, 1.807) is 12.1 Å². The summed E-state index contributed by atoms with van der Waals surface area (Å²) in [4.78, 5) is 0. The molecule has 2 aliphatic rings. The molecule has 1 heterocycles. The molecule has 1 aromatic carbocycles. The molecule has 0 spiro atoms. The van der Waals surface area contributed by atoms with Crippen molar-refractivity contribution in [3.05, 3.63) is 59.6 Å². The number of fused-ring (bicyclic) bond motifs is 5. The first-order valence-electron chi connectivity index (χ1n) is 8.07. The number of aromatic nitrogens is 2. The number of ether oxygens (including phenoxy) is 1. The smallest absolute Gasteiger partial charge is 0.132 e. The maximum absolute atomic E-state index is 14.0. The number of benzene rings is 1. The Bertz CT molecular complexity index is 789. The molecule has 0 saturated heterocycles. The number of rotatable bonds is 4. The molecule has 3 nitrogen and oxygen atoms in total. The van der Waals surface area contributed by atoms with Crippen LogP contribution in [0.2, 0.25) is 0 Å². The minimum Gasteiger partial charge on any atom is -0.380 e. The molecule has 4 heteroatoms. The third-order valence-electron chi connectivity index (χ3n) is 5.25. The minimum atomic E-state index is -0.271. The summed E-state index contributed by atoms with van der Waals surface area (Å²) in [6, 6.07) is 8.68. The van der Waals surface area contributed by atoms with Crippen LogP contribution < -0.4 is 0 Å². The van der Waals surface area contributed by atoms with Crippen molar-refractivity contribution in [3.8, 4) is 11.3 Å². The van der Waals surface area contributed by atoms with Gasteiger partial charge in [0.15, 0.2) is 0 Å². The summed E-state index contributed by atoms with van der Waals surface area (Å²) in [5.74, 6) is 0.0271. The standard InChI is InChI=1S/C19H19FN2O/c1-3-23-11-19-9-8-13(12(19)2)15-10-17(21-22-18(15)19)14-6-4-5-7-16(14)20/h4-7,10,13H,2-3,8-9,11H2,1H3/t13-,19-/m0/s1. The van der Waals surface area contributed by atoms with Crippen LogP contribution in [-0.2, 0) is 10.2 Å². The second-order valence-electron chi connectivity index (χ2n) is 6.35. The zero-order valence-electron chi connectivity index (χ0n) is 13.2. The minimum absolute atomic E-state index is 0.198. The monoisotopic (exact) mass is 310 g/mol. The van der Waals surface area contributed by atoms with Crippen LogP contribution >= 0.6 is 0 Å². The van der Waals surface area contributed by atoms with Crippen LogP contribution in [0.5, 0.6) is 0 Å². The summed E-state index contributed by atoms with van der Waals surface area (Å²) in [5, 5.41) is 8.78. The van der Waals surface area contributed by atoms with E-state index in [1.807, 2.05) is 19.1 Å². The quantitative estimate of drug-likeness (QED) is 0.801. The molecular weight excluding hydrogens is 291 g/mol. The van der Waals surface area contributed by atoms with Crippen molar-refractivity contribution in [1.82, 2.24) is 10.2 Å². The molecule has 2 bridgehead atoms. The zero-order valence-corrected chi connectivity index (χ0v) is 13.2. The maximum atomic E-state index is 14.0. The Morgan fingerprint density at radius 1 is 1.35 bits per heavy atom. The molecule has 2 atom stereocenters. The van der Waals surface area contributed by atoms with E-state index in [0.717, 1.165) is 24.1 Å². The fourth-order valence-electron chi connectivity index (χ4n) is 4.03. The second kappa shape index (κ2) is 5.24. The summed E-state index contributed by atoms with van der Waals surface area (Å²) >= 11 is 0. The lowest BCUT2D eigenvalue weighted by Crippen LogP contribution is -2.30. The van der Waals surface area contributed by atoms with E-state index in [1.165, 1.54) is 11.6 Å². The summed E-state index contributed by atoms with van der Waals surface area (Å²) in [6.07, 6.45) is 2.07. The predicted molar refractivity (Wildman–Crippen MR) is 86.7 cm³/mol. The molecule has 1 fully saturated rings. The molecule has 0 radical (unpaired) electrons. The molecule has 118 valence electrons. The molecular formula is C19H19FN2O. The number of hydrogen-bond donors (Lipinski definition) is 0. The van der Waals surface area contributed by atoms with Crippen molar-refractivity contribution in [2.45, 2.75) is 31.1 Å². The Morgan fingerprint density at radius 3 is 2.96 bits per heavy atom. The van der Waals surface area contributed by atoms with Crippen LogP contribution in [-0.4, -0.2) is 23.4 Å². The molecule has 2 aliphatic carbocycles. The number of nitrogens with zero attached hydrogens (tertiary/aromatic N) is 2. The van der Waals surface area contributed by atoms with Crippen LogP contribution in [0.3, 0.4) is 0 Å². The highest BCUT2D eigenvalue weighted by Crippen LogP contribution is 2.59. The maximum Gasteiger partial charge on any atom is 0.132 e. The molecule has 0 N–H and O–H groups in total. The van der Waals surface area contributed by atoms with E-state index < -0.39 is 0 Å². The average molecular weight is 310 g/mol. The van der Waals surface area contributed by atoms with Crippen LogP contribution in [0, 0.1) is 5.82 Å². The Balaban J connectivity index is 1.80. The highest BCUT2D eigenvalue weighted by Gasteiger charge is 2.54. The van der Waals surface area contributed by atoms with Crippen LogP contribution in [0.1, 0.15) is 36.9 Å². The SMILES string of the molecule is C=C1[C@@H]2CC[C@@]1(COCC)c1nnc(-c3ccccc3F)cc12. The van der Waals surface area contributed by atoms with E-state index in [-0.39, 0.29) is 11.2 Å². The third-order valence-corrected chi connectivity index (χ3v) is 5.25. The van der Waals surface area contributed by atoms with Gasteiger partial charge in [-0.3, -0.25) is 0 Å². The number of hydrogen-bond acceptors (Lipinski definition) is 3. The van der Waals surface area contributed by atoms with Gasteiger partial charge in [-0.15, -0.1) is 0 Å². The van der Waals surface area contributed by atoms with Gasteiger partial charge in [0.05, 0.1) is 23.4 Å². The van der Waals surface area contributed by atoms with Gasteiger partial charge in [-0.25, -0.2) is 4.39 Å². The fraction of sp³-hybridized carbons (Fsp3) is 0.368. The van der Waals surface area contributed by atoms with Crippen LogP contribution in [0.25, 0.3) is 11.3 Å². The Kier molecular flexibility index (Phi) is 3.31. The second-order valence-corrected chi connectivity index (χ2v) is 6.35. The van der Waals surface area contributed by atoms with Crippen molar-refractivity contribution in [2.75, 3.05) is 13.2 Å². The summed E-state index contributed by atoms with van der Waals surface area (Å²) in [6.45, 7) is 7.60. The first kappa shape index (κ1) is 14.5. The van der Waals surface area contributed by atoms with Crippen molar-refractivity contribution < 1.29 is 9.13 Å². The van der Waals surface area contributed by atoms with E-state index in [9.17, 15) is 4.39 Å². The summed E-state index contributed by atoms with van der Waals surface area (Å²) < 4.78 is 19.7. The van der Waals surface area contributed by atoms with Crippen LogP contribution in [0.15, 0.2) is 42.5 Å². The Labute approximate surface area is 135 Å². The molecule has 2 aromatic rings. The highest BCUT2D eigenvalue weighted by atomic mass is 19.1. The van der Waals surface area contributed by atoms with E-state index >= 15 is 0 Å². The van der Waals surface area contributed by atoms with Crippen molar-refractivity contribution in [3.63, 3.8) is 0 Å². The van der Waals surface area contributed by atoms with E-state index in [0.29, 0.717) is 30.4 Å². The Morgan fingerprint density at radius 2 is 2.17 bits per heavy atom. The lowest BCUT2D eigenvalue weighted by Gasteiger charge is -2.27. The topological polar surface area (TPSA) is 35.0 Å². The van der Waals surface area contributed by atoms with Gasteiger partial charge >= 0.3 is 0 Å². The largest absolute Gasteiger partial charge is 0.380 e. The molecule has 0 aliphatic heterocycles. The molecule has 23 heavy (non-hydrogen) atoms. The van der Waals surface area contributed by atoms with Gasteiger partial charge in [0.2, 0.25) is 0 Å².